The number of rotatable bonds is 15. The van der Waals surface area contributed by atoms with Crippen LogP contribution in [-0.4, -0.2) is 125 Å². The quantitative estimate of drug-likeness (QED) is 0.0433. The predicted molar refractivity (Wildman–Crippen MR) is 581 cm³/mol. The summed E-state index contributed by atoms with van der Waals surface area (Å²) in [6.45, 7) is 7.57. The van der Waals surface area contributed by atoms with Crippen molar-refractivity contribution in [1.29, 1.82) is 0 Å². The number of ether oxygens (including phenoxy) is 3. The van der Waals surface area contributed by atoms with Gasteiger partial charge in [0.15, 0.2) is 24.1 Å². The fourth-order valence-electron chi connectivity index (χ4n) is 15.8. The molecule has 0 aliphatic carbocycles. The highest BCUT2D eigenvalue weighted by atomic mass is 35.5. The van der Waals surface area contributed by atoms with Crippen LogP contribution in [0.4, 0.5) is 42.9 Å². The molecule has 0 atom stereocenters. The van der Waals surface area contributed by atoms with E-state index < -0.39 is 17.9 Å². The number of likely N-dealkylation sites (N-methyl/N-ethyl adjacent to an activating group) is 1. The minimum Gasteiger partial charge on any atom is -1.00 e. The van der Waals surface area contributed by atoms with E-state index in [4.69, 9.17) is 14.2 Å². The average Bonchev–Trinajstić information content (AvgIpc) is 1.65. The Hall–Kier alpha value is -12.9. The summed E-state index contributed by atoms with van der Waals surface area (Å²) in [4.78, 5) is 132. The molecule has 1 fully saturated rings. The fourth-order valence-corrected chi connectivity index (χ4v) is 28.5. The van der Waals surface area contributed by atoms with Gasteiger partial charge in [-0.2, -0.15) is 4.57 Å². The van der Waals surface area contributed by atoms with E-state index in [1.54, 1.807) is 112 Å². The molecule has 146 heavy (non-hydrogen) atoms. The number of amidine groups is 1. The number of pyridine rings is 3. The number of hydrogen-bond donors (Lipinski definition) is 0. The molecule has 21 rings (SSSR count). The minimum absolute atomic E-state index is 0. The van der Waals surface area contributed by atoms with Crippen molar-refractivity contribution in [2.24, 2.45) is 12.0 Å². The topological polar surface area (TPSA) is 249 Å². The van der Waals surface area contributed by atoms with Crippen molar-refractivity contribution in [2.45, 2.75) is 78.0 Å². The molecular weight excluding hydrogens is 2110 g/mol. The lowest BCUT2D eigenvalue weighted by molar-refractivity contribution is -0.690. The van der Waals surface area contributed by atoms with Gasteiger partial charge >= 0.3 is 17.9 Å². The number of amides is 1. The molecule has 7 aromatic carbocycles. The van der Waals surface area contributed by atoms with Gasteiger partial charge in [0.2, 0.25) is 11.4 Å². The van der Waals surface area contributed by atoms with E-state index in [9.17, 15) is 47.1 Å². The third-order valence-electron chi connectivity index (χ3n) is 23.2. The second-order valence-corrected chi connectivity index (χ2v) is 43.5. The molecule has 26 nitrogen and oxygen atoms in total. The molecule has 0 unspecified atom stereocenters. The number of nitrogens with zero attached hydrogens (tertiary/aromatic N) is 15. The van der Waals surface area contributed by atoms with Gasteiger partial charge in [0.05, 0.1) is 66.2 Å². The average molecular weight is 2200 g/mol. The standard InChI is InChI=1S/C27H26N3OS2.C21H20N3O3S2.C20H16FN3O3S2.C19H16FN3OS2.C18H15N3O3S3.2ClH/c1-4-30-24(17-21-12-8-9-15-29(21)18-20-10-6-5-7-11-20)33-25(26(30)31)27-28(3)22-14-13-19(2)16-23(22)32-27;1-22-11-7-6-8-14(22)12-17-24(13-18(25)27-3)20(26)19(29-17)21-23(2)15-9-4-5-10-16(15)28-21;1-23-14-9-12(21)6-7-15(14)28-20(23)18-19(26)24(11-17(25)27-2)16(29-18)10-13-5-3-4-8-22-13;1-3-23-17(24)16(26-19(23)21-12-8-5-4-6-9-12)18-22(2)15-13(20)10-7-11-14(15)25-18;1-20-11-5-3-4-6-12(11)26-18(20)16-17(23)21(10-15(22)24-2)14(27-16)9-13-19-7-8-25-13;;/h5-17H,4,18H2,1-3H3;4-12H,13H2,1-3H3;3-10H,11H2,1-2H3;4-11H,3H2,1-2H3;3-9H,10H2,1-2H3;2*1H/q2*+1;;;;;/p-2/b27-25+;21-19+;16-10-,20-18+;18-16+,21-19?;14-9-,18-16+;;. The highest BCUT2D eigenvalue weighted by molar-refractivity contribution is 8.19. The summed E-state index contributed by atoms with van der Waals surface area (Å²) in [7, 11) is 15.4. The van der Waals surface area contributed by atoms with Crippen molar-refractivity contribution in [3.05, 3.63) is 382 Å². The minimum atomic E-state index is -0.519. The molecular formula is C105H93Cl2F2N15O11S11. The summed E-state index contributed by atoms with van der Waals surface area (Å²) in [5, 5.41) is 7.49. The highest BCUT2D eigenvalue weighted by Crippen LogP contribution is 2.52. The Morgan fingerprint density at radius 3 is 1.43 bits per heavy atom. The Kier molecular flexibility index (Phi) is 35.4. The summed E-state index contributed by atoms with van der Waals surface area (Å²) in [6, 6.07) is 69.5. The van der Waals surface area contributed by atoms with Crippen molar-refractivity contribution in [1.82, 2.24) is 33.1 Å². The summed E-state index contributed by atoms with van der Waals surface area (Å²) in [5.41, 5.74) is 9.86. The SMILES string of the molecule is CCN1C(=O)/C(=C2\Sc3cccc(F)c3N2C)SC1=Nc1ccccc1.CCn1c(=O)/c(=C2\Sc3cc(C)ccc3N2C)s/c1=C\c1cccc[n+]1Cc1ccccc1.COC(=O)Cn1c(=O)/c(=C2\Sc3ccc(F)cc3N2C)s/c1=C\c1ccccn1.COC(=O)Cn1c(=O)/c(=C2\Sc3ccccc3N2C)s/c1=C\c1cccc[n+]1C.COC(=O)Cn1c(=O)/c(=C2\Sc3ccccc3N2C)s/c1=C\c1nccs1.[Cl-].[Cl-]. The number of fused-ring (bicyclic) bond motifs is 5. The van der Waals surface area contributed by atoms with Crippen LogP contribution in [0, 0.1) is 18.6 Å². The molecule has 15 aromatic rings. The zero-order valence-electron chi connectivity index (χ0n) is 80.4. The highest BCUT2D eigenvalue weighted by Gasteiger charge is 2.40. The Morgan fingerprint density at radius 1 is 0.432 bits per heavy atom. The number of aliphatic imine (C=N–C) groups is 1. The van der Waals surface area contributed by atoms with Crippen molar-refractivity contribution >= 4 is 235 Å². The number of halogens is 4. The molecule has 8 aromatic heterocycles. The molecule has 0 spiro atoms. The number of anilines is 5. The maximum atomic E-state index is 14.2. The first kappa shape index (κ1) is 107. The van der Waals surface area contributed by atoms with Gasteiger partial charge < -0.3 is 63.5 Å². The molecule has 6 aliphatic heterocycles. The number of esters is 3. The Morgan fingerprint density at radius 2 is 0.904 bits per heavy atom. The van der Waals surface area contributed by atoms with Crippen LogP contribution in [0.5, 0.6) is 0 Å². The second-order valence-electron chi connectivity index (χ2n) is 32.4. The molecule has 6 aliphatic rings. The third kappa shape index (κ3) is 23.4. The van der Waals surface area contributed by atoms with E-state index in [1.165, 1.54) is 150 Å². The number of thiazole rings is 5. The van der Waals surface area contributed by atoms with Crippen LogP contribution in [0.15, 0.2) is 307 Å². The van der Waals surface area contributed by atoms with Crippen LogP contribution in [-0.2, 0) is 73.2 Å². The van der Waals surface area contributed by atoms with Crippen molar-refractivity contribution in [3.63, 3.8) is 0 Å². The van der Waals surface area contributed by atoms with E-state index in [0.717, 1.165) is 94.6 Å². The number of thioether (sulfide) groups is 6. The van der Waals surface area contributed by atoms with E-state index >= 15 is 0 Å². The Labute approximate surface area is 895 Å². The van der Waals surface area contributed by atoms with Crippen LogP contribution in [0.25, 0.3) is 44.4 Å². The maximum absolute atomic E-state index is 14.2. The van der Waals surface area contributed by atoms with Crippen LogP contribution in [0.3, 0.4) is 0 Å². The largest absolute Gasteiger partial charge is 1.00 e. The first-order chi connectivity index (χ1) is 69.7. The first-order valence-electron chi connectivity index (χ1n) is 44.8. The monoisotopic (exact) mass is 2200 g/mol. The summed E-state index contributed by atoms with van der Waals surface area (Å²) in [5.74, 6) is -2.14. The van der Waals surface area contributed by atoms with Crippen LogP contribution >= 0.6 is 127 Å². The van der Waals surface area contributed by atoms with Gasteiger partial charge in [-0.3, -0.25) is 66.5 Å². The Balaban J connectivity index is 0.000000137. The molecule has 0 radical (unpaired) electrons. The lowest BCUT2D eigenvalue weighted by atomic mass is 10.2. The van der Waals surface area contributed by atoms with Gasteiger partial charge in [-0.15, -0.1) is 56.7 Å². The van der Waals surface area contributed by atoms with Gasteiger partial charge in [0.25, 0.3) is 28.1 Å². The summed E-state index contributed by atoms with van der Waals surface area (Å²) < 4.78 is 58.0. The van der Waals surface area contributed by atoms with Crippen molar-refractivity contribution in [3.8, 4) is 0 Å². The summed E-state index contributed by atoms with van der Waals surface area (Å²) >= 11 is 16.1. The zero-order valence-corrected chi connectivity index (χ0v) is 90.9. The first-order valence-corrected chi connectivity index (χ1v) is 53.9. The van der Waals surface area contributed by atoms with Gasteiger partial charge in [0, 0.05) is 139 Å². The molecule has 748 valence electrons. The molecule has 1 amide bonds. The number of carbonyl (C=O) groups is 4. The van der Waals surface area contributed by atoms with Gasteiger partial charge in [-0.25, -0.2) is 23.3 Å². The van der Waals surface area contributed by atoms with Crippen LogP contribution < -0.4 is 117 Å². The van der Waals surface area contributed by atoms with Gasteiger partial charge in [0.1, 0.15) is 105 Å². The van der Waals surface area contributed by atoms with E-state index in [-0.39, 0.29) is 84.2 Å². The van der Waals surface area contributed by atoms with Gasteiger partial charge in [-0.05, 0) is 147 Å². The van der Waals surface area contributed by atoms with Crippen molar-refractivity contribution < 1.29 is 76.1 Å². The van der Waals surface area contributed by atoms with Crippen LogP contribution in [0.2, 0.25) is 0 Å². The maximum Gasteiger partial charge on any atom is 0.325 e. The molecule has 1 saturated heterocycles. The number of carbonyl (C=O) groups excluding carboxylic acids is 4. The lowest BCUT2D eigenvalue weighted by Gasteiger charge is -2.15. The third-order valence-corrected chi connectivity index (χ3v) is 36.2. The number of aromatic nitrogens is 8. The van der Waals surface area contributed by atoms with Gasteiger partial charge in [-0.1, -0.05) is 150 Å². The number of para-hydroxylation sites is 4. The molecule has 14 heterocycles. The molecule has 0 bridgehead atoms. The predicted octanol–water partition coefficient (Wildman–Crippen LogP) is 7.01. The Bertz CT molecular complexity index is 8440. The second kappa shape index (κ2) is 48.2. The molecule has 0 N–H and O–H groups in total. The normalized spacial score (nSPS) is 16.3. The van der Waals surface area contributed by atoms with E-state index in [1.807, 2.05) is 218 Å². The fraction of sp³-hybridized carbons (Fsp3) is 0.171. The molecule has 0 saturated carbocycles. The number of aryl methyl sites for hydroxylation is 2. The van der Waals surface area contributed by atoms with E-state index in [2.05, 4.69) is 92.2 Å². The van der Waals surface area contributed by atoms with Crippen molar-refractivity contribution in [2.75, 3.05) is 87.6 Å². The van der Waals surface area contributed by atoms with Crippen LogP contribution in [0.1, 0.15) is 47.1 Å². The lowest BCUT2D eigenvalue weighted by Crippen LogP contribution is -3.00. The zero-order chi connectivity index (χ0) is 101. The van der Waals surface area contributed by atoms with E-state index in [0.29, 0.717) is 72.8 Å². The number of benzene rings is 7. The number of hydrogen-bond acceptors (Lipinski definition) is 30. The summed E-state index contributed by atoms with van der Waals surface area (Å²) in [6.07, 6.45) is 15.0. The number of methoxy groups -OCH3 is 3. The molecule has 41 heteroatoms. The smallest absolute Gasteiger partial charge is 0.325 e.